The van der Waals surface area contributed by atoms with Crippen LogP contribution in [0.15, 0.2) is 23.6 Å². The Kier molecular flexibility index (Phi) is 5.97. The van der Waals surface area contributed by atoms with Crippen LogP contribution in [0, 0.1) is 0 Å². The summed E-state index contributed by atoms with van der Waals surface area (Å²) in [6.07, 6.45) is 3.29. The number of ether oxygens (including phenoxy) is 1. The van der Waals surface area contributed by atoms with E-state index < -0.39 is 0 Å². The van der Waals surface area contributed by atoms with Crippen LogP contribution in [0.5, 0.6) is 0 Å². The number of rotatable bonds is 6. The van der Waals surface area contributed by atoms with E-state index in [-0.39, 0.29) is 0 Å². The smallest absolute Gasteiger partial charge is 0.116 e. The highest BCUT2D eigenvalue weighted by Gasteiger charge is 1.93. The molecule has 13 heavy (non-hydrogen) atoms. The lowest BCUT2D eigenvalue weighted by molar-refractivity contribution is 0.167. The summed E-state index contributed by atoms with van der Waals surface area (Å²) < 4.78 is 5.26. The molecule has 0 aliphatic heterocycles. The van der Waals surface area contributed by atoms with Crippen molar-refractivity contribution >= 4 is 24.4 Å². The zero-order chi connectivity index (χ0) is 9.36. The molecule has 0 fully saturated rings. The van der Waals surface area contributed by atoms with Crippen LogP contribution in [0.25, 0.3) is 0 Å². The second-order valence-corrected chi connectivity index (χ2v) is 3.79. The largest absolute Gasteiger partial charge is 0.380 e. The molecule has 1 aromatic rings. The van der Waals surface area contributed by atoms with E-state index >= 15 is 0 Å². The van der Waals surface area contributed by atoms with Gasteiger partial charge >= 0.3 is 0 Å². The Labute approximate surface area is 87.7 Å². The van der Waals surface area contributed by atoms with Crippen molar-refractivity contribution in [2.24, 2.45) is 0 Å². The van der Waals surface area contributed by atoms with Crippen LogP contribution in [0.1, 0.15) is 0 Å². The van der Waals surface area contributed by atoms with E-state index in [1.807, 2.05) is 6.07 Å². The van der Waals surface area contributed by atoms with Gasteiger partial charge in [-0.2, -0.15) is 12.6 Å². The minimum Gasteiger partial charge on any atom is -0.380 e. The molecule has 0 aliphatic carbocycles. The van der Waals surface area contributed by atoms with Gasteiger partial charge in [0.15, 0.2) is 0 Å². The highest BCUT2D eigenvalue weighted by molar-refractivity contribution is 7.99. The van der Waals surface area contributed by atoms with E-state index in [0.717, 1.165) is 23.1 Å². The first kappa shape index (κ1) is 10.8. The molecule has 1 aromatic heterocycles. The van der Waals surface area contributed by atoms with Crippen molar-refractivity contribution < 1.29 is 4.74 Å². The van der Waals surface area contributed by atoms with Crippen molar-refractivity contribution in [3.05, 3.63) is 18.6 Å². The van der Waals surface area contributed by atoms with Gasteiger partial charge in [-0.1, -0.05) is 0 Å². The quantitative estimate of drug-likeness (QED) is 0.338. The fourth-order valence-electron chi connectivity index (χ4n) is 0.736. The van der Waals surface area contributed by atoms with Gasteiger partial charge in [0.2, 0.25) is 0 Å². The molecule has 0 bridgehead atoms. The van der Waals surface area contributed by atoms with Crippen molar-refractivity contribution in [1.82, 2.24) is 9.97 Å². The number of aromatic nitrogens is 2. The summed E-state index contributed by atoms with van der Waals surface area (Å²) in [5.41, 5.74) is 0. The molecule has 5 heteroatoms. The third kappa shape index (κ3) is 5.13. The molecule has 0 aliphatic rings. The number of nitrogens with zero attached hydrogens (tertiary/aromatic N) is 2. The second kappa shape index (κ2) is 7.17. The number of hydrogen-bond acceptors (Lipinski definition) is 5. The molecule has 0 amide bonds. The van der Waals surface area contributed by atoms with Crippen LogP contribution in [0.4, 0.5) is 0 Å². The van der Waals surface area contributed by atoms with Gasteiger partial charge in [0.05, 0.1) is 18.2 Å². The lowest BCUT2D eigenvalue weighted by Gasteiger charge is -2.00. The van der Waals surface area contributed by atoms with Crippen LogP contribution >= 0.6 is 24.4 Å². The summed E-state index contributed by atoms with van der Waals surface area (Å²) >= 11 is 5.71. The first-order valence-corrected chi connectivity index (χ1v) is 5.62. The first-order valence-electron chi connectivity index (χ1n) is 4.01. The zero-order valence-electron chi connectivity index (χ0n) is 7.22. The van der Waals surface area contributed by atoms with Gasteiger partial charge in [-0.3, -0.25) is 0 Å². The average Bonchev–Trinajstić information content (AvgIpc) is 2.19. The Morgan fingerprint density at radius 1 is 1.46 bits per heavy atom. The SMILES string of the molecule is SCCOCCSc1ccncn1. The van der Waals surface area contributed by atoms with Crippen LogP contribution in [0.2, 0.25) is 0 Å². The topological polar surface area (TPSA) is 35.0 Å². The fourth-order valence-corrected chi connectivity index (χ4v) is 1.55. The average molecular weight is 216 g/mol. The van der Waals surface area contributed by atoms with Crippen molar-refractivity contribution in [1.29, 1.82) is 0 Å². The molecular formula is C8H12N2OS2. The molecular weight excluding hydrogens is 204 g/mol. The third-order valence-electron chi connectivity index (χ3n) is 1.27. The maximum atomic E-state index is 5.26. The Morgan fingerprint density at radius 2 is 2.38 bits per heavy atom. The predicted octanol–water partition coefficient (Wildman–Crippen LogP) is 1.52. The molecule has 0 spiro atoms. The van der Waals surface area contributed by atoms with Crippen LogP contribution in [-0.2, 0) is 4.74 Å². The van der Waals surface area contributed by atoms with E-state index in [1.54, 1.807) is 24.3 Å². The second-order valence-electron chi connectivity index (χ2n) is 2.23. The molecule has 0 saturated carbocycles. The van der Waals surface area contributed by atoms with E-state index in [0.29, 0.717) is 6.61 Å². The van der Waals surface area contributed by atoms with Gasteiger partial charge in [0.25, 0.3) is 0 Å². The molecule has 0 atom stereocenters. The molecule has 0 saturated heterocycles. The van der Waals surface area contributed by atoms with Gasteiger partial charge < -0.3 is 4.74 Å². The monoisotopic (exact) mass is 216 g/mol. The first-order chi connectivity index (χ1) is 6.43. The third-order valence-corrected chi connectivity index (χ3v) is 2.36. The minimum atomic E-state index is 0.716. The predicted molar refractivity (Wildman–Crippen MR) is 57.4 cm³/mol. The zero-order valence-corrected chi connectivity index (χ0v) is 8.93. The lowest BCUT2D eigenvalue weighted by atomic mass is 10.7. The molecule has 1 heterocycles. The maximum Gasteiger partial charge on any atom is 0.116 e. The van der Waals surface area contributed by atoms with Crippen molar-refractivity contribution in [3.8, 4) is 0 Å². The van der Waals surface area contributed by atoms with Crippen LogP contribution < -0.4 is 0 Å². The highest BCUT2D eigenvalue weighted by atomic mass is 32.2. The summed E-state index contributed by atoms with van der Waals surface area (Å²) in [4.78, 5) is 7.92. The fraction of sp³-hybridized carbons (Fsp3) is 0.500. The van der Waals surface area contributed by atoms with Gasteiger partial charge in [0.1, 0.15) is 6.33 Å². The molecule has 0 aromatic carbocycles. The van der Waals surface area contributed by atoms with Crippen LogP contribution in [-0.4, -0.2) is 34.7 Å². The molecule has 0 radical (unpaired) electrons. The summed E-state index contributed by atoms with van der Waals surface area (Å²) in [6.45, 7) is 1.46. The van der Waals surface area contributed by atoms with Gasteiger partial charge in [0, 0.05) is 17.7 Å². The van der Waals surface area contributed by atoms with Crippen LogP contribution in [0.3, 0.4) is 0 Å². The van der Waals surface area contributed by atoms with E-state index in [2.05, 4.69) is 22.6 Å². The number of thiol groups is 1. The maximum absolute atomic E-state index is 5.26. The Balaban J connectivity index is 2.07. The lowest BCUT2D eigenvalue weighted by Crippen LogP contribution is -2.00. The number of thioether (sulfide) groups is 1. The van der Waals surface area contributed by atoms with E-state index in [1.165, 1.54) is 0 Å². The standard InChI is InChI=1S/C8H12N2OS2/c12-5-3-11-4-6-13-8-1-2-9-7-10-8/h1-2,7,12H,3-6H2. The normalized spacial score (nSPS) is 10.2. The van der Waals surface area contributed by atoms with Gasteiger partial charge in [-0.05, 0) is 6.07 Å². The van der Waals surface area contributed by atoms with Gasteiger partial charge in [-0.15, -0.1) is 11.8 Å². The van der Waals surface area contributed by atoms with Gasteiger partial charge in [-0.25, -0.2) is 9.97 Å². The summed E-state index contributed by atoms with van der Waals surface area (Å²) in [6, 6.07) is 1.89. The summed E-state index contributed by atoms with van der Waals surface area (Å²) in [5.74, 6) is 1.70. The van der Waals surface area contributed by atoms with E-state index in [4.69, 9.17) is 4.74 Å². The minimum absolute atomic E-state index is 0.716. The number of hydrogen-bond donors (Lipinski definition) is 1. The Morgan fingerprint density at radius 3 is 3.08 bits per heavy atom. The van der Waals surface area contributed by atoms with Crippen molar-refractivity contribution in [3.63, 3.8) is 0 Å². The Hall–Kier alpha value is -0.260. The highest BCUT2D eigenvalue weighted by Crippen LogP contribution is 2.12. The molecule has 0 N–H and O–H groups in total. The summed E-state index contributed by atoms with van der Waals surface area (Å²) in [5, 5.41) is 0.990. The molecule has 1 rings (SSSR count). The van der Waals surface area contributed by atoms with Crippen molar-refractivity contribution in [2.45, 2.75) is 5.03 Å². The summed E-state index contributed by atoms with van der Waals surface area (Å²) in [7, 11) is 0. The molecule has 0 unspecified atom stereocenters. The Bertz CT molecular complexity index is 221. The molecule has 72 valence electrons. The molecule has 3 nitrogen and oxygen atoms in total. The van der Waals surface area contributed by atoms with E-state index in [9.17, 15) is 0 Å². The van der Waals surface area contributed by atoms with Crippen molar-refractivity contribution in [2.75, 3.05) is 24.7 Å².